The van der Waals surface area contributed by atoms with Gasteiger partial charge in [0.2, 0.25) is 0 Å². The molecule has 0 amide bonds. The molecule has 0 fully saturated rings. The number of nitrogens with zero attached hydrogens (tertiary/aromatic N) is 1. The van der Waals surface area contributed by atoms with Crippen LogP contribution in [0.3, 0.4) is 0 Å². The lowest BCUT2D eigenvalue weighted by atomic mass is 10.1. The summed E-state index contributed by atoms with van der Waals surface area (Å²) < 4.78 is 0. The maximum absolute atomic E-state index is 3.80. The highest BCUT2D eigenvalue weighted by molar-refractivity contribution is 5.85. The zero-order valence-corrected chi connectivity index (χ0v) is 11.7. The number of hydrogen-bond acceptors (Lipinski definition) is 1. The van der Waals surface area contributed by atoms with E-state index in [0.29, 0.717) is 0 Å². The van der Waals surface area contributed by atoms with E-state index in [9.17, 15) is 0 Å². The molecule has 0 atom stereocenters. The second-order valence-corrected chi connectivity index (χ2v) is 4.29. The molecule has 1 heterocycles. The first-order chi connectivity index (χ1) is 8.35. The van der Waals surface area contributed by atoms with Gasteiger partial charge in [-0.15, -0.1) is 19.0 Å². The standard InChI is InChI=1S/C15H20N2.ClH/c1-3-10-17(4-2)11-9-13-12-16-15-8-6-5-7-14(13)15;/h3,5-8,12,16H,1,4,9-11H2,2H3;1H. The van der Waals surface area contributed by atoms with Crippen molar-refractivity contribution in [2.75, 3.05) is 19.6 Å². The summed E-state index contributed by atoms with van der Waals surface area (Å²) >= 11 is 0. The Bertz CT molecular complexity index is 490. The maximum atomic E-state index is 3.80. The monoisotopic (exact) mass is 264 g/mol. The molecule has 0 aliphatic carbocycles. The summed E-state index contributed by atoms with van der Waals surface area (Å²) in [6.07, 6.45) is 5.19. The van der Waals surface area contributed by atoms with Gasteiger partial charge in [0.05, 0.1) is 0 Å². The molecule has 0 spiro atoms. The minimum Gasteiger partial charge on any atom is -0.361 e. The van der Waals surface area contributed by atoms with Crippen molar-refractivity contribution in [1.82, 2.24) is 9.88 Å². The largest absolute Gasteiger partial charge is 0.361 e. The topological polar surface area (TPSA) is 19.0 Å². The number of H-pyrrole nitrogens is 1. The van der Waals surface area contributed by atoms with Gasteiger partial charge in [0.1, 0.15) is 0 Å². The predicted octanol–water partition coefficient (Wildman–Crippen LogP) is 3.64. The van der Waals surface area contributed by atoms with Crippen molar-refractivity contribution >= 4 is 23.3 Å². The van der Waals surface area contributed by atoms with Gasteiger partial charge in [-0.2, -0.15) is 0 Å². The summed E-state index contributed by atoms with van der Waals surface area (Å²) in [7, 11) is 0. The summed E-state index contributed by atoms with van der Waals surface area (Å²) in [6, 6.07) is 8.48. The van der Waals surface area contributed by atoms with Gasteiger partial charge in [-0.05, 0) is 24.6 Å². The molecule has 0 aliphatic rings. The van der Waals surface area contributed by atoms with Gasteiger partial charge >= 0.3 is 0 Å². The number of rotatable bonds is 6. The number of aromatic nitrogens is 1. The first-order valence-electron chi connectivity index (χ1n) is 6.23. The van der Waals surface area contributed by atoms with Crippen LogP contribution >= 0.6 is 12.4 Å². The van der Waals surface area contributed by atoms with E-state index in [-0.39, 0.29) is 12.4 Å². The Balaban J connectivity index is 0.00000162. The number of likely N-dealkylation sites (N-methyl/N-ethyl adjacent to an activating group) is 1. The first kappa shape index (κ1) is 14.8. The lowest BCUT2D eigenvalue weighted by Crippen LogP contribution is -2.25. The highest BCUT2D eigenvalue weighted by Gasteiger charge is 2.05. The number of fused-ring (bicyclic) bond motifs is 1. The Labute approximate surface area is 115 Å². The Hall–Kier alpha value is -1.25. The fraction of sp³-hybridized carbons (Fsp3) is 0.333. The van der Waals surface area contributed by atoms with Gasteiger partial charge in [0.25, 0.3) is 0 Å². The van der Waals surface area contributed by atoms with Gasteiger partial charge in [-0.3, -0.25) is 4.90 Å². The fourth-order valence-electron chi connectivity index (χ4n) is 2.18. The van der Waals surface area contributed by atoms with Crippen molar-refractivity contribution in [3.63, 3.8) is 0 Å². The van der Waals surface area contributed by atoms with Gasteiger partial charge in [0, 0.05) is 30.2 Å². The summed E-state index contributed by atoms with van der Waals surface area (Å²) in [4.78, 5) is 5.72. The van der Waals surface area contributed by atoms with Crippen molar-refractivity contribution in [2.45, 2.75) is 13.3 Å². The molecule has 0 saturated carbocycles. The number of nitrogens with one attached hydrogen (secondary N) is 1. The third kappa shape index (κ3) is 3.37. The minimum atomic E-state index is 0. The van der Waals surface area contributed by atoms with Crippen molar-refractivity contribution < 1.29 is 0 Å². The van der Waals surface area contributed by atoms with Crippen molar-refractivity contribution in [3.8, 4) is 0 Å². The van der Waals surface area contributed by atoms with Crippen LogP contribution in [0.15, 0.2) is 43.1 Å². The summed E-state index contributed by atoms with van der Waals surface area (Å²) in [5, 5.41) is 1.35. The third-order valence-corrected chi connectivity index (χ3v) is 3.21. The van der Waals surface area contributed by atoms with E-state index in [2.05, 4.69) is 53.8 Å². The molecule has 1 aromatic carbocycles. The van der Waals surface area contributed by atoms with Crippen LogP contribution in [0.25, 0.3) is 10.9 Å². The van der Waals surface area contributed by atoms with Crippen LogP contribution < -0.4 is 0 Å². The van der Waals surface area contributed by atoms with Crippen LogP contribution in [0.4, 0.5) is 0 Å². The number of hydrogen-bond donors (Lipinski definition) is 1. The average Bonchev–Trinajstić information content (AvgIpc) is 2.78. The fourth-order valence-corrected chi connectivity index (χ4v) is 2.18. The molecule has 2 nitrogen and oxygen atoms in total. The molecule has 0 bridgehead atoms. The van der Waals surface area contributed by atoms with Gasteiger partial charge in [-0.1, -0.05) is 31.2 Å². The lowest BCUT2D eigenvalue weighted by molar-refractivity contribution is 0.324. The zero-order valence-electron chi connectivity index (χ0n) is 10.9. The van der Waals surface area contributed by atoms with E-state index in [1.165, 1.54) is 16.5 Å². The molecule has 1 N–H and O–H groups in total. The maximum Gasteiger partial charge on any atom is 0.0456 e. The van der Waals surface area contributed by atoms with Gasteiger partial charge in [-0.25, -0.2) is 0 Å². The first-order valence-corrected chi connectivity index (χ1v) is 6.23. The molecule has 98 valence electrons. The molecule has 0 radical (unpaired) electrons. The molecule has 0 aliphatic heterocycles. The van der Waals surface area contributed by atoms with Gasteiger partial charge in [0.15, 0.2) is 0 Å². The molecule has 0 unspecified atom stereocenters. The smallest absolute Gasteiger partial charge is 0.0456 e. The van der Waals surface area contributed by atoms with Crippen LogP contribution in [0.1, 0.15) is 12.5 Å². The minimum absolute atomic E-state index is 0. The lowest BCUT2D eigenvalue weighted by Gasteiger charge is -2.17. The van der Waals surface area contributed by atoms with E-state index in [4.69, 9.17) is 0 Å². The number of benzene rings is 1. The van der Waals surface area contributed by atoms with E-state index in [1.54, 1.807) is 0 Å². The Morgan fingerprint density at radius 2 is 2.11 bits per heavy atom. The van der Waals surface area contributed by atoms with Crippen molar-refractivity contribution in [2.24, 2.45) is 0 Å². The Kier molecular flexibility index (Phi) is 5.96. The number of aromatic amines is 1. The molecule has 0 saturated heterocycles. The average molecular weight is 265 g/mol. The van der Waals surface area contributed by atoms with Crippen molar-refractivity contribution in [3.05, 3.63) is 48.7 Å². The number of halogens is 1. The molecule has 3 heteroatoms. The molecule has 1 aromatic heterocycles. The second kappa shape index (κ2) is 7.24. The summed E-state index contributed by atoms with van der Waals surface area (Å²) in [6.45, 7) is 9.13. The summed E-state index contributed by atoms with van der Waals surface area (Å²) in [5.41, 5.74) is 2.64. The highest BCUT2D eigenvalue weighted by atomic mass is 35.5. The van der Waals surface area contributed by atoms with E-state index in [1.807, 2.05) is 6.08 Å². The van der Waals surface area contributed by atoms with Crippen LogP contribution in [-0.2, 0) is 6.42 Å². The highest BCUT2D eigenvalue weighted by Crippen LogP contribution is 2.18. The third-order valence-electron chi connectivity index (χ3n) is 3.21. The van der Waals surface area contributed by atoms with Crippen LogP contribution in [0.5, 0.6) is 0 Å². The van der Waals surface area contributed by atoms with E-state index >= 15 is 0 Å². The molecule has 2 aromatic rings. The molecule has 2 rings (SSSR count). The molecular weight excluding hydrogens is 244 g/mol. The van der Waals surface area contributed by atoms with Crippen LogP contribution in [0, 0.1) is 0 Å². The molecule has 18 heavy (non-hydrogen) atoms. The van der Waals surface area contributed by atoms with Crippen molar-refractivity contribution in [1.29, 1.82) is 0 Å². The Morgan fingerprint density at radius 1 is 1.33 bits per heavy atom. The predicted molar refractivity (Wildman–Crippen MR) is 81.6 cm³/mol. The van der Waals surface area contributed by atoms with E-state index < -0.39 is 0 Å². The van der Waals surface area contributed by atoms with Gasteiger partial charge < -0.3 is 4.98 Å². The summed E-state index contributed by atoms with van der Waals surface area (Å²) in [5.74, 6) is 0. The number of para-hydroxylation sites is 1. The Morgan fingerprint density at radius 3 is 2.83 bits per heavy atom. The van der Waals surface area contributed by atoms with E-state index in [0.717, 1.165) is 26.1 Å². The SMILES string of the molecule is C=CCN(CC)CCc1c[nH]c2ccccc12.Cl. The molecular formula is C15H21ClN2. The second-order valence-electron chi connectivity index (χ2n) is 4.29. The zero-order chi connectivity index (χ0) is 12.1. The quantitative estimate of drug-likeness (QED) is 0.790. The van der Waals surface area contributed by atoms with Crippen LogP contribution in [-0.4, -0.2) is 29.5 Å². The normalized spacial score (nSPS) is 10.6. The van der Waals surface area contributed by atoms with Crippen LogP contribution in [0.2, 0.25) is 0 Å².